The molecule has 44 heavy (non-hydrogen) atoms. The Hall–Kier alpha value is -3.59. The van der Waals surface area contributed by atoms with E-state index in [0.717, 1.165) is 10.9 Å². The van der Waals surface area contributed by atoms with Crippen LogP contribution in [0.5, 0.6) is 0 Å². The number of anilines is 1. The van der Waals surface area contributed by atoms with E-state index >= 15 is 0 Å². The van der Waals surface area contributed by atoms with Crippen molar-refractivity contribution in [3.8, 4) is 0 Å². The second-order valence-corrected chi connectivity index (χ2v) is 14.6. The Labute approximate surface area is 268 Å². The van der Waals surface area contributed by atoms with E-state index in [0.29, 0.717) is 26.7 Å². The predicted octanol–water partition coefficient (Wildman–Crippen LogP) is 6.99. The van der Waals surface area contributed by atoms with Crippen LogP contribution in [0.4, 0.5) is 5.69 Å². The van der Waals surface area contributed by atoms with E-state index in [9.17, 15) is 18.0 Å². The molecule has 4 aromatic carbocycles. The number of benzene rings is 4. The highest BCUT2D eigenvalue weighted by Crippen LogP contribution is 2.42. The zero-order valence-electron chi connectivity index (χ0n) is 24.9. The molecular formula is C34H35Cl2N3O4S. The number of nitrogens with one attached hydrogen (secondary N) is 1. The average molecular weight is 653 g/mol. The van der Waals surface area contributed by atoms with Crippen molar-refractivity contribution in [1.82, 2.24) is 10.2 Å². The van der Waals surface area contributed by atoms with Gasteiger partial charge in [0.2, 0.25) is 11.8 Å². The number of halogens is 2. The molecule has 2 amide bonds. The molecule has 1 atom stereocenters. The molecule has 7 nitrogen and oxygen atoms in total. The topological polar surface area (TPSA) is 86.8 Å². The van der Waals surface area contributed by atoms with Gasteiger partial charge in [-0.05, 0) is 62.4 Å². The highest BCUT2D eigenvalue weighted by atomic mass is 35.5. The van der Waals surface area contributed by atoms with Crippen LogP contribution < -0.4 is 9.62 Å². The van der Waals surface area contributed by atoms with Crippen LogP contribution in [0, 0.1) is 0 Å². The molecule has 0 bridgehead atoms. The summed E-state index contributed by atoms with van der Waals surface area (Å²) >= 11 is 13.1. The highest BCUT2D eigenvalue weighted by molar-refractivity contribution is 7.93. The SMILES string of the molecule is CC(C)(C)NC(=O)[C@@H](Cc1ccccc1)N(Cc1c(Cl)cccc1Cl)C(=O)CCCN1c2cccc3cccc(c23)S1(=O)=O. The fraction of sp³-hybridized carbons (Fsp3) is 0.294. The van der Waals surface area contributed by atoms with Crippen LogP contribution in [-0.2, 0) is 32.6 Å². The number of sulfonamides is 1. The number of carbonyl (C=O) groups excluding carboxylic acids is 2. The summed E-state index contributed by atoms with van der Waals surface area (Å²) in [5.74, 6) is -0.611. The van der Waals surface area contributed by atoms with Gasteiger partial charge in [-0.1, -0.05) is 83.9 Å². The molecule has 0 saturated carbocycles. The molecule has 1 heterocycles. The van der Waals surface area contributed by atoms with Gasteiger partial charge in [0.15, 0.2) is 0 Å². The molecule has 0 fully saturated rings. The van der Waals surface area contributed by atoms with Gasteiger partial charge in [-0.25, -0.2) is 8.42 Å². The third kappa shape index (κ3) is 6.72. The fourth-order valence-electron chi connectivity index (χ4n) is 5.58. The van der Waals surface area contributed by atoms with Gasteiger partial charge >= 0.3 is 0 Å². The molecule has 1 aliphatic rings. The molecule has 0 saturated heterocycles. The van der Waals surface area contributed by atoms with E-state index in [-0.39, 0.29) is 49.1 Å². The minimum Gasteiger partial charge on any atom is -0.350 e. The summed E-state index contributed by atoms with van der Waals surface area (Å²) in [7, 11) is -3.76. The molecule has 5 rings (SSSR count). The summed E-state index contributed by atoms with van der Waals surface area (Å²) in [6.45, 7) is 5.78. The number of carbonyl (C=O) groups is 2. The zero-order valence-corrected chi connectivity index (χ0v) is 27.2. The number of nitrogens with zero attached hydrogens (tertiary/aromatic N) is 2. The number of amides is 2. The lowest BCUT2D eigenvalue weighted by Crippen LogP contribution is -2.54. The van der Waals surface area contributed by atoms with E-state index in [2.05, 4.69) is 5.32 Å². The van der Waals surface area contributed by atoms with Gasteiger partial charge in [0.05, 0.1) is 10.6 Å². The van der Waals surface area contributed by atoms with E-state index in [1.54, 1.807) is 36.4 Å². The normalized spacial score (nSPS) is 14.4. The second kappa shape index (κ2) is 12.8. The van der Waals surface area contributed by atoms with Crippen LogP contribution in [-0.4, -0.2) is 43.3 Å². The van der Waals surface area contributed by atoms with Gasteiger partial charge in [-0.15, -0.1) is 0 Å². The fourth-order valence-corrected chi connectivity index (χ4v) is 7.84. The van der Waals surface area contributed by atoms with Crippen LogP contribution >= 0.6 is 23.2 Å². The minimum atomic E-state index is -3.76. The molecule has 1 N–H and O–H groups in total. The first-order valence-corrected chi connectivity index (χ1v) is 16.7. The van der Waals surface area contributed by atoms with Crippen molar-refractivity contribution in [2.24, 2.45) is 0 Å². The predicted molar refractivity (Wildman–Crippen MR) is 177 cm³/mol. The Morgan fingerprint density at radius 3 is 2.18 bits per heavy atom. The van der Waals surface area contributed by atoms with E-state index in [1.807, 2.05) is 69.3 Å². The Balaban J connectivity index is 1.44. The first kappa shape index (κ1) is 31.8. The lowest BCUT2D eigenvalue weighted by molar-refractivity contribution is -0.142. The van der Waals surface area contributed by atoms with Gasteiger partial charge in [0.1, 0.15) is 6.04 Å². The van der Waals surface area contributed by atoms with Crippen molar-refractivity contribution in [3.05, 3.63) is 106 Å². The zero-order chi connectivity index (χ0) is 31.6. The van der Waals surface area contributed by atoms with Crippen molar-refractivity contribution in [3.63, 3.8) is 0 Å². The second-order valence-electron chi connectivity index (χ2n) is 12.0. The lowest BCUT2D eigenvalue weighted by Gasteiger charge is -2.34. The quantitative estimate of drug-likeness (QED) is 0.200. The molecule has 0 aliphatic carbocycles. The van der Waals surface area contributed by atoms with Crippen molar-refractivity contribution in [2.45, 2.75) is 63.1 Å². The molecule has 4 aromatic rings. The largest absolute Gasteiger partial charge is 0.350 e. The summed E-state index contributed by atoms with van der Waals surface area (Å²) in [4.78, 5) is 29.7. The minimum absolute atomic E-state index is 0.00843. The van der Waals surface area contributed by atoms with Crippen LogP contribution in [0.3, 0.4) is 0 Å². The Bertz CT molecular complexity index is 1780. The summed E-state index contributed by atoms with van der Waals surface area (Å²) < 4.78 is 28.3. The Kier molecular flexibility index (Phi) is 9.25. The number of hydrogen-bond acceptors (Lipinski definition) is 4. The molecule has 0 radical (unpaired) electrons. The van der Waals surface area contributed by atoms with Crippen molar-refractivity contribution in [2.75, 3.05) is 10.8 Å². The van der Waals surface area contributed by atoms with Crippen LogP contribution in [0.2, 0.25) is 10.0 Å². The molecule has 0 unspecified atom stereocenters. The van der Waals surface area contributed by atoms with Gasteiger partial charge in [-0.3, -0.25) is 13.9 Å². The van der Waals surface area contributed by atoms with Gasteiger partial charge in [0.25, 0.3) is 10.0 Å². The third-order valence-electron chi connectivity index (χ3n) is 7.59. The average Bonchev–Trinajstić information content (AvgIpc) is 3.19. The molecule has 1 aliphatic heterocycles. The Morgan fingerprint density at radius 2 is 1.52 bits per heavy atom. The van der Waals surface area contributed by atoms with E-state index in [4.69, 9.17) is 23.2 Å². The molecule has 0 aromatic heterocycles. The smallest absolute Gasteiger partial charge is 0.265 e. The van der Waals surface area contributed by atoms with Crippen molar-refractivity contribution < 1.29 is 18.0 Å². The van der Waals surface area contributed by atoms with E-state index in [1.165, 1.54) is 9.21 Å². The summed E-state index contributed by atoms with van der Waals surface area (Å²) in [5.41, 5.74) is 1.49. The third-order valence-corrected chi connectivity index (χ3v) is 10.2. The Morgan fingerprint density at radius 1 is 0.886 bits per heavy atom. The maximum absolute atomic E-state index is 14.1. The molecule has 0 spiro atoms. The highest BCUT2D eigenvalue weighted by Gasteiger charge is 2.36. The van der Waals surface area contributed by atoms with Crippen molar-refractivity contribution in [1.29, 1.82) is 0 Å². The maximum Gasteiger partial charge on any atom is 0.265 e. The lowest BCUT2D eigenvalue weighted by atomic mass is 10.00. The van der Waals surface area contributed by atoms with Crippen molar-refractivity contribution >= 4 is 61.5 Å². The van der Waals surface area contributed by atoms with Gasteiger partial charge < -0.3 is 10.2 Å². The van der Waals surface area contributed by atoms with Gasteiger partial charge in [-0.2, -0.15) is 0 Å². The summed E-state index contributed by atoms with van der Waals surface area (Å²) in [5, 5.41) is 5.35. The first-order chi connectivity index (χ1) is 20.9. The monoisotopic (exact) mass is 651 g/mol. The van der Waals surface area contributed by atoms with E-state index < -0.39 is 21.6 Å². The molecular weight excluding hydrogens is 617 g/mol. The summed E-state index contributed by atoms with van der Waals surface area (Å²) in [6.07, 6.45) is 0.525. The molecule has 10 heteroatoms. The maximum atomic E-state index is 14.1. The number of hydrogen-bond donors (Lipinski definition) is 1. The standard InChI is InChI=1S/C34H35Cl2N3O4S/c1-34(2,3)37-33(41)29(21-23-11-5-4-6-12-23)38(22-25-26(35)15-9-16-27(25)36)31(40)19-10-20-39-28-17-7-13-24-14-8-18-30(32(24)28)44(39,42)43/h4-9,11-18,29H,10,19-22H2,1-3H3,(H,37,41)/t29-/m1/s1. The first-order valence-electron chi connectivity index (χ1n) is 14.5. The molecule has 230 valence electrons. The summed E-state index contributed by atoms with van der Waals surface area (Å²) in [6, 6.07) is 24.5. The van der Waals surface area contributed by atoms with Crippen LogP contribution in [0.15, 0.2) is 89.8 Å². The van der Waals surface area contributed by atoms with Gasteiger partial charge in [0, 0.05) is 52.5 Å². The van der Waals surface area contributed by atoms with Crippen LogP contribution in [0.25, 0.3) is 10.8 Å². The number of rotatable bonds is 10. The van der Waals surface area contributed by atoms with Crippen LogP contribution in [0.1, 0.15) is 44.7 Å².